The first kappa shape index (κ1) is 14.3. The Balaban J connectivity index is 1.36. The summed E-state index contributed by atoms with van der Waals surface area (Å²) >= 11 is 5.44. The number of para-hydroxylation sites is 1. The molecule has 1 aliphatic carbocycles. The highest BCUT2D eigenvalue weighted by Gasteiger charge is 2.25. The second kappa shape index (κ2) is 6.05. The van der Waals surface area contributed by atoms with Gasteiger partial charge in [0.15, 0.2) is 5.11 Å². The van der Waals surface area contributed by atoms with E-state index < -0.39 is 0 Å². The molecule has 2 aromatic carbocycles. The van der Waals surface area contributed by atoms with Gasteiger partial charge in [0.2, 0.25) is 0 Å². The van der Waals surface area contributed by atoms with Crippen LogP contribution in [0, 0.1) is 0 Å². The molecule has 0 amide bonds. The van der Waals surface area contributed by atoms with Crippen LogP contribution in [0.5, 0.6) is 0 Å². The topological polar surface area (TPSA) is 39.8 Å². The van der Waals surface area contributed by atoms with Crippen molar-refractivity contribution in [1.29, 1.82) is 0 Å². The molecule has 3 N–H and O–H groups in total. The van der Waals surface area contributed by atoms with E-state index in [-0.39, 0.29) is 0 Å². The Labute approximate surface area is 141 Å². The van der Waals surface area contributed by atoms with Crippen molar-refractivity contribution >= 4 is 28.2 Å². The molecule has 0 saturated heterocycles. The van der Waals surface area contributed by atoms with Gasteiger partial charge in [0.1, 0.15) is 0 Å². The SMILES string of the molecule is S=C(NCc1ccccc1)NC1Cc2[nH]c3ccccc3c2C1. The minimum Gasteiger partial charge on any atom is -0.359 e. The standard InChI is InChI=1S/C19H19N3S/c23-19(20-12-13-6-2-1-3-7-13)21-14-10-16-15-8-4-5-9-17(15)22-18(16)11-14/h1-9,14,22H,10-12H2,(H2,20,21,23). The lowest BCUT2D eigenvalue weighted by atomic mass is 10.1. The van der Waals surface area contributed by atoms with Crippen LogP contribution >= 0.6 is 12.2 Å². The summed E-state index contributed by atoms with van der Waals surface area (Å²) in [5.74, 6) is 0. The molecule has 0 radical (unpaired) electrons. The maximum Gasteiger partial charge on any atom is 0.166 e. The third kappa shape index (κ3) is 2.94. The fraction of sp³-hybridized carbons (Fsp3) is 0.211. The Bertz CT molecular complexity index is 838. The number of hydrogen-bond donors (Lipinski definition) is 3. The van der Waals surface area contributed by atoms with E-state index in [0.29, 0.717) is 6.04 Å². The van der Waals surface area contributed by atoms with Crippen LogP contribution in [0.2, 0.25) is 0 Å². The van der Waals surface area contributed by atoms with E-state index in [1.54, 1.807) is 0 Å². The van der Waals surface area contributed by atoms with Gasteiger partial charge in [-0.15, -0.1) is 0 Å². The molecular formula is C19H19N3S. The zero-order valence-corrected chi connectivity index (χ0v) is 13.6. The molecule has 23 heavy (non-hydrogen) atoms. The largest absolute Gasteiger partial charge is 0.359 e. The van der Waals surface area contributed by atoms with E-state index in [0.717, 1.165) is 24.5 Å². The van der Waals surface area contributed by atoms with Crippen LogP contribution in [-0.2, 0) is 19.4 Å². The number of hydrogen-bond acceptors (Lipinski definition) is 1. The molecule has 1 aliphatic rings. The normalized spacial score (nSPS) is 16.3. The number of thiocarbonyl (C=S) groups is 1. The molecule has 1 atom stereocenters. The first-order chi connectivity index (χ1) is 11.3. The lowest BCUT2D eigenvalue weighted by molar-refractivity contribution is 0.630. The maximum absolute atomic E-state index is 5.44. The van der Waals surface area contributed by atoms with Gasteiger partial charge in [0.05, 0.1) is 0 Å². The zero-order valence-electron chi connectivity index (χ0n) is 12.8. The summed E-state index contributed by atoms with van der Waals surface area (Å²) in [5.41, 5.74) is 5.25. The fourth-order valence-electron chi connectivity index (χ4n) is 3.34. The molecule has 0 bridgehead atoms. The molecule has 1 aromatic heterocycles. The number of benzene rings is 2. The highest BCUT2D eigenvalue weighted by Crippen LogP contribution is 2.29. The molecule has 4 heteroatoms. The fourth-order valence-corrected chi connectivity index (χ4v) is 3.58. The predicted octanol–water partition coefficient (Wildman–Crippen LogP) is 3.30. The van der Waals surface area contributed by atoms with Gasteiger partial charge in [-0.1, -0.05) is 48.5 Å². The number of rotatable bonds is 3. The molecule has 0 aliphatic heterocycles. The quantitative estimate of drug-likeness (QED) is 0.648. The average Bonchev–Trinajstić information content (AvgIpc) is 3.11. The van der Waals surface area contributed by atoms with E-state index in [1.165, 1.54) is 27.7 Å². The lowest BCUT2D eigenvalue weighted by Crippen LogP contribution is -2.42. The van der Waals surface area contributed by atoms with Crippen LogP contribution in [-0.4, -0.2) is 16.1 Å². The number of nitrogens with one attached hydrogen (secondary N) is 3. The summed E-state index contributed by atoms with van der Waals surface area (Å²) in [4.78, 5) is 3.53. The molecule has 1 unspecified atom stereocenters. The van der Waals surface area contributed by atoms with Crippen LogP contribution in [0.4, 0.5) is 0 Å². The molecule has 3 aromatic rings. The summed E-state index contributed by atoms with van der Waals surface area (Å²) in [7, 11) is 0. The summed E-state index contributed by atoms with van der Waals surface area (Å²) in [6.45, 7) is 0.758. The Morgan fingerprint density at radius 1 is 1.04 bits per heavy atom. The van der Waals surface area contributed by atoms with Crippen LogP contribution in [0.1, 0.15) is 16.8 Å². The second-order valence-corrected chi connectivity index (χ2v) is 6.45. The van der Waals surface area contributed by atoms with E-state index >= 15 is 0 Å². The number of aromatic nitrogens is 1. The van der Waals surface area contributed by atoms with Crippen molar-refractivity contribution in [2.75, 3.05) is 0 Å². The van der Waals surface area contributed by atoms with E-state index in [2.05, 4.69) is 52.0 Å². The van der Waals surface area contributed by atoms with Gasteiger partial charge in [-0.05, 0) is 35.8 Å². The Hall–Kier alpha value is -2.33. The summed E-state index contributed by atoms with van der Waals surface area (Å²) < 4.78 is 0. The molecule has 3 nitrogen and oxygen atoms in total. The number of H-pyrrole nitrogens is 1. The van der Waals surface area contributed by atoms with Crippen molar-refractivity contribution in [3.8, 4) is 0 Å². The van der Waals surface area contributed by atoms with Crippen LogP contribution in [0.3, 0.4) is 0 Å². The van der Waals surface area contributed by atoms with Crippen LogP contribution < -0.4 is 10.6 Å². The van der Waals surface area contributed by atoms with Gasteiger partial charge in [0, 0.05) is 35.6 Å². The van der Waals surface area contributed by atoms with Crippen molar-refractivity contribution in [3.05, 3.63) is 71.4 Å². The highest BCUT2D eigenvalue weighted by atomic mass is 32.1. The van der Waals surface area contributed by atoms with Crippen molar-refractivity contribution in [1.82, 2.24) is 15.6 Å². The minimum absolute atomic E-state index is 0.372. The van der Waals surface area contributed by atoms with Gasteiger partial charge >= 0.3 is 0 Å². The smallest absolute Gasteiger partial charge is 0.166 e. The van der Waals surface area contributed by atoms with Gasteiger partial charge in [-0.25, -0.2) is 0 Å². The monoisotopic (exact) mass is 321 g/mol. The van der Waals surface area contributed by atoms with Crippen LogP contribution in [0.25, 0.3) is 10.9 Å². The zero-order chi connectivity index (χ0) is 15.6. The van der Waals surface area contributed by atoms with Gasteiger partial charge in [-0.2, -0.15) is 0 Å². The first-order valence-electron chi connectivity index (χ1n) is 7.96. The number of fused-ring (bicyclic) bond motifs is 3. The average molecular weight is 321 g/mol. The van der Waals surface area contributed by atoms with E-state index in [4.69, 9.17) is 12.2 Å². The predicted molar refractivity (Wildman–Crippen MR) is 98.5 cm³/mol. The number of aromatic amines is 1. The Morgan fingerprint density at radius 3 is 2.70 bits per heavy atom. The third-order valence-corrected chi connectivity index (χ3v) is 4.70. The Morgan fingerprint density at radius 2 is 1.83 bits per heavy atom. The maximum atomic E-state index is 5.44. The highest BCUT2D eigenvalue weighted by molar-refractivity contribution is 7.80. The van der Waals surface area contributed by atoms with Crippen molar-refractivity contribution < 1.29 is 0 Å². The molecule has 116 valence electrons. The van der Waals surface area contributed by atoms with Crippen molar-refractivity contribution in [2.24, 2.45) is 0 Å². The first-order valence-corrected chi connectivity index (χ1v) is 8.37. The van der Waals surface area contributed by atoms with Crippen molar-refractivity contribution in [3.63, 3.8) is 0 Å². The lowest BCUT2D eigenvalue weighted by Gasteiger charge is -2.16. The molecule has 0 saturated carbocycles. The molecule has 0 fully saturated rings. The summed E-state index contributed by atoms with van der Waals surface area (Å²) in [6.07, 6.45) is 2.02. The Kier molecular flexibility index (Phi) is 3.75. The van der Waals surface area contributed by atoms with Gasteiger partial charge in [0.25, 0.3) is 0 Å². The third-order valence-electron chi connectivity index (χ3n) is 4.43. The molecule has 1 heterocycles. The summed E-state index contributed by atoms with van der Waals surface area (Å²) in [5, 5.41) is 8.81. The van der Waals surface area contributed by atoms with Crippen molar-refractivity contribution in [2.45, 2.75) is 25.4 Å². The summed E-state index contributed by atoms with van der Waals surface area (Å²) in [6, 6.07) is 19.2. The van der Waals surface area contributed by atoms with Gasteiger partial charge < -0.3 is 15.6 Å². The van der Waals surface area contributed by atoms with E-state index in [1.807, 2.05) is 18.2 Å². The molecule has 0 spiro atoms. The van der Waals surface area contributed by atoms with Gasteiger partial charge in [-0.3, -0.25) is 0 Å². The molecular weight excluding hydrogens is 302 g/mol. The minimum atomic E-state index is 0.372. The van der Waals surface area contributed by atoms with E-state index in [9.17, 15) is 0 Å². The second-order valence-electron chi connectivity index (χ2n) is 6.05. The molecule has 4 rings (SSSR count). The van der Waals surface area contributed by atoms with Crippen LogP contribution in [0.15, 0.2) is 54.6 Å².